The Balaban J connectivity index is 2.17. The molecule has 2 aromatic carbocycles. The van der Waals surface area contributed by atoms with E-state index in [1.54, 1.807) is 18.2 Å². The normalized spacial score (nSPS) is 10.8. The second-order valence-electron chi connectivity index (χ2n) is 4.51. The third kappa shape index (κ3) is 2.44. The van der Waals surface area contributed by atoms with Crippen LogP contribution in [0.4, 0.5) is 5.69 Å². The summed E-state index contributed by atoms with van der Waals surface area (Å²) in [5, 5.41) is 3.80. The summed E-state index contributed by atoms with van der Waals surface area (Å²) in [6, 6.07) is 14.3. The molecule has 0 atom stereocenters. The van der Waals surface area contributed by atoms with Crippen molar-refractivity contribution in [3.8, 4) is 16.9 Å². The van der Waals surface area contributed by atoms with Crippen LogP contribution in [0.5, 0.6) is 0 Å². The van der Waals surface area contributed by atoms with Gasteiger partial charge in [-0.15, -0.1) is 0 Å². The zero-order valence-electron chi connectivity index (χ0n) is 10.8. The van der Waals surface area contributed by atoms with Crippen LogP contribution < -0.4 is 11.3 Å². The fourth-order valence-corrected chi connectivity index (χ4v) is 2.37. The molecule has 0 bridgehead atoms. The molecule has 1 aromatic heterocycles. The fraction of sp³-hybridized carbons (Fsp3) is 0. The van der Waals surface area contributed by atoms with E-state index in [0.29, 0.717) is 21.4 Å². The molecule has 0 saturated carbocycles. The third-order valence-electron chi connectivity index (χ3n) is 3.15. The molecule has 6 heteroatoms. The number of nitrogens with two attached hydrogens (primary N) is 1. The lowest BCUT2D eigenvalue weighted by molar-refractivity contribution is 0.853. The van der Waals surface area contributed by atoms with E-state index in [4.69, 9.17) is 28.9 Å². The first-order valence-corrected chi connectivity index (χ1v) is 6.95. The number of aromatic amines is 1. The predicted octanol–water partition coefficient (Wildman–Crippen LogP) is 3.72. The highest BCUT2D eigenvalue weighted by Crippen LogP contribution is 2.26. The Labute approximate surface area is 130 Å². The van der Waals surface area contributed by atoms with E-state index in [1.807, 2.05) is 30.3 Å². The number of anilines is 1. The minimum absolute atomic E-state index is 0.160. The van der Waals surface area contributed by atoms with Crippen molar-refractivity contribution >= 4 is 28.9 Å². The van der Waals surface area contributed by atoms with Gasteiger partial charge in [0, 0.05) is 5.56 Å². The quantitative estimate of drug-likeness (QED) is 0.756. The Morgan fingerprint density at radius 3 is 2.38 bits per heavy atom. The lowest BCUT2D eigenvalue weighted by Gasteiger charge is -2.03. The molecule has 0 radical (unpaired) electrons. The summed E-state index contributed by atoms with van der Waals surface area (Å²) >= 11 is 11.9. The largest absolute Gasteiger partial charge is 0.392 e. The van der Waals surface area contributed by atoms with Gasteiger partial charge in [-0.05, 0) is 18.2 Å². The molecule has 0 spiro atoms. The Kier molecular flexibility index (Phi) is 3.49. The summed E-state index contributed by atoms with van der Waals surface area (Å²) in [5.41, 5.74) is 7.74. The van der Waals surface area contributed by atoms with Crippen LogP contribution in [0.1, 0.15) is 0 Å². The van der Waals surface area contributed by atoms with Crippen LogP contribution in [-0.4, -0.2) is 9.78 Å². The molecule has 3 rings (SSSR count). The Morgan fingerprint density at radius 1 is 1.00 bits per heavy atom. The molecule has 0 fully saturated rings. The zero-order chi connectivity index (χ0) is 15.0. The minimum atomic E-state index is -0.327. The molecule has 3 aromatic rings. The molecule has 0 unspecified atom stereocenters. The number of halogens is 2. The second kappa shape index (κ2) is 5.31. The van der Waals surface area contributed by atoms with Gasteiger partial charge in [-0.3, -0.25) is 9.89 Å². The molecule has 4 nitrogen and oxygen atoms in total. The fourth-order valence-electron chi connectivity index (χ4n) is 2.08. The molecule has 21 heavy (non-hydrogen) atoms. The number of nitrogens with zero attached hydrogens (tertiary/aromatic N) is 1. The molecule has 106 valence electrons. The van der Waals surface area contributed by atoms with Gasteiger partial charge in [0.05, 0.1) is 21.4 Å². The smallest absolute Gasteiger partial charge is 0.295 e. The van der Waals surface area contributed by atoms with Gasteiger partial charge in [-0.2, -0.15) is 0 Å². The van der Waals surface area contributed by atoms with Crippen molar-refractivity contribution in [3.63, 3.8) is 0 Å². The van der Waals surface area contributed by atoms with Crippen molar-refractivity contribution in [2.75, 3.05) is 5.73 Å². The van der Waals surface area contributed by atoms with Crippen molar-refractivity contribution in [3.05, 3.63) is 68.9 Å². The number of aromatic nitrogens is 2. The van der Waals surface area contributed by atoms with Crippen LogP contribution >= 0.6 is 23.2 Å². The standard InChI is InChI=1S/C15H11Cl2N3O/c16-11-7-6-10(8-12(11)17)20-15(21)13(18)14(19-20)9-4-2-1-3-5-9/h1-8,19H,18H2. The highest BCUT2D eigenvalue weighted by atomic mass is 35.5. The number of nitrogens with one attached hydrogen (secondary N) is 1. The van der Waals surface area contributed by atoms with Gasteiger partial charge < -0.3 is 5.73 Å². The van der Waals surface area contributed by atoms with Crippen LogP contribution in [0, 0.1) is 0 Å². The maximum absolute atomic E-state index is 12.3. The van der Waals surface area contributed by atoms with Gasteiger partial charge in [-0.25, -0.2) is 4.68 Å². The van der Waals surface area contributed by atoms with Crippen molar-refractivity contribution in [2.24, 2.45) is 0 Å². The highest BCUT2D eigenvalue weighted by molar-refractivity contribution is 6.42. The molecular formula is C15H11Cl2N3O. The summed E-state index contributed by atoms with van der Waals surface area (Å²) < 4.78 is 1.35. The molecule has 0 saturated heterocycles. The molecular weight excluding hydrogens is 309 g/mol. The molecule has 0 amide bonds. The van der Waals surface area contributed by atoms with Crippen molar-refractivity contribution in [2.45, 2.75) is 0 Å². The molecule has 3 N–H and O–H groups in total. The Hall–Kier alpha value is -2.17. The highest BCUT2D eigenvalue weighted by Gasteiger charge is 2.14. The first-order valence-electron chi connectivity index (χ1n) is 6.19. The van der Waals surface area contributed by atoms with Crippen LogP contribution in [0.25, 0.3) is 16.9 Å². The summed E-state index contributed by atoms with van der Waals surface area (Å²) in [7, 11) is 0. The number of nitrogen functional groups attached to an aromatic ring is 1. The molecule has 1 heterocycles. The number of rotatable bonds is 2. The van der Waals surface area contributed by atoms with Crippen LogP contribution in [0.3, 0.4) is 0 Å². The first kappa shape index (κ1) is 13.8. The van der Waals surface area contributed by atoms with Crippen LogP contribution in [-0.2, 0) is 0 Å². The van der Waals surface area contributed by atoms with Crippen molar-refractivity contribution in [1.82, 2.24) is 9.78 Å². The molecule has 0 aliphatic rings. The monoisotopic (exact) mass is 319 g/mol. The Bertz CT molecular complexity index is 853. The van der Waals surface area contributed by atoms with Gasteiger partial charge in [0.2, 0.25) is 0 Å². The van der Waals surface area contributed by atoms with Gasteiger partial charge in [-0.1, -0.05) is 53.5 Å². The van der Waals surface area contributed by atoms with E-state index in [9.17, 15) is 4.79 Å². The van der Waals surface area contributed by atoms with Gasteiger partial charge in [0.1, 0.15) is 5.69 Å². The lowest BCUT2D eigenvalue weighted by Crippen LogP contribution is -2.16. The van der Waals surface area contributed by atoms with Crippen molar-refractivity contribution in [1.29, 1.82) is 0 Å². The zero-order valence-corrected chi connectivity index (χ0v) is 12.3. The lowest BCUT2D eigenvalue weighted by atomic mass is 10.1. The second-order valence-corrected chi connectivity index (χ2v) is 5.32. The number of benzene rings is 2. The maximum atomic E-state index is 12.3. The number of hydrogen-bond donors (Lipinski definition) is 2. The van der Waals surface area contributed by atoms with E-state index in [1.165, 1.54) is 4.68 Å². The van der Waals surface area contributed by atoms with E-state index in [2.05, 4.69) is 5.10 Å². The summed E-state index contributed by atoms with van der Waals surface area (Å²) in [5.74, 6) is 0. The number of hydrogen-bond acceptors (Lipinski definition) is 2. The van der Waals surface area contributed by atoms with E-state index < -0.39 is 0 Å². The topological polar surface area (TPSA) is 63.8 Å². The van der Waals surface area contributed by atoms with E-state index >= 15 is 0 Å². The molecule has 0 aliphatic heterocycles. The average Bonchev–Trinajstić information content (AvgIpc) is 2.79. The van der Waals surface area contributed by atoms with Crippen LogP contribution in [0.2, 0.25) is 10.0 Å². The van der Waals surface area contributed by atoms with E-state index in [0.717, 1.165) is 5.56 Å². The molecule has 0 aliphatic carbocycles. The predicted molar refractivity (Wildman–Crippen MR) is 86.3 cm³/mol. The van der Waals surface area contributed by atoms with Crippen molar-refractivity contribution < 1.29 is 0 Å². The summed E-state index contributed by atoms with van der Waals surface area (Å²) in [6.45, 7) is 0. The minimum Gasteiger partial charge on any atom is -0.392 e. The van der Waals surface area contributed by atoms with Gasteiger partial charge >= 0.3 is 0 Å². The van der Waals surface area contributed by atoms with Crippen LogP contribution in [0.15, 0.2) is 53.3 Å². The Morgan fingerprint density at radius 2 is 1.71 bits per heavy atom. The third-order valence-corrected chi connectivity index (χ3v) is 3.89. The van der Waals surface area contributed by atoms with E-state index in [-0.39, 0.29) is 11.2 Å². The number of H-pyrrole nitrogens is 1. The first-order chi connectivity index (χ1) is 10.1. The van der Waals surface area contributed by atoms with Gasteiger partial charge in [0.25, 0.3) is 5.56 Å². The van der Waals surface area contributed by atoms with Gasteiger partial charge in [0.15, 0.2) is 0 Å². The summed E-state index contributed by atoms with van der Waals surface area (Å²) in [6.07, 6.45) is 0. The maximum Gasteiger partial charge on any atom is 0.295 e. The summed E-state index contributed by atoms with van der Waals surface area (Å²) in [4.78, 5) is 12.3. The average molecular weight is 320 g/mol. The SMILES string of the molecule is Nc1c(-c2ccccc2)[nH]n(-c2ccc(Cl)c(Cl)c2)c1=O.